The Bertz CT molecular complexity index is 1030. The van der Waals surface area contributed by atoms with E-state index in [1.165, 1.54) is 6.20 Å². The molecule has 28 heavy (non-hydrogen) atoms. The molecule has 1 aliphatic carbocycles. The number of oxime groups is 1. The van der Waals surface area contributed by atoms with Crippen LogP contribution in [0.4, 0.5) is 10.2 Å². The van der Waals surface area contributed by atoms with Crippen molar-refractivity contribution >= 4 is 28.5 Å². The van der Waals surface area contributed by atoms with Gasteiger partial charge in [-0.05, 0) is 18.9 Å². The summed E-state index contributed by atoms with van der Waals surface area (Å²) in [6, 6.07) is 1.16. The Labute approximate surface area is 159 Å². The lowest BCUT2D eigenvalue weighted by molar-refractivity contribution is 0.0695. The second-order valence-electron chi connectivity index (χ2n) is 6.93. The number of pyridine rings is 2. The Hall–Kier alpha value is -3.01. The smallest absolute Gasteiger partial charge is 0.341 e. The van der Waals surface area contributed by atoms with Crippen LogP contribution < -0.4 is 16.1 Å². The summed E-state index contributed by atoms with van der Waals surface area (Å²) in [5.41, 5.74) is 5.32. The zero-order valence-corrected chi connectivity index (χ0v) is 15.1. The van der Waals surface area contributed by atoms with Crippen LogP contribution in [0.15, 0.2) is 22.2 Å². The molecule has 4 rings (SSSR count). The summed E-state index contributed by atoms with van der Waals surface area (Å²) >= 11 is 0. The molecule has 0 unspecified atom stereocenters. The third-order valence-electron chi connectivity index (χ3n) is 4.86. The first kappa shape index (κ1) is 18.4. The van der Waals surface area contributed by atoms with Crippen molar-refractivity contribution in [1.29, 1.82) is 0 Å². The molecule has 3 N–H and O–H groups in total. The lowest BCUT2D eigenvalue weighted by atomic mass is 10.2. The number of fused-ring (bicyclic) bond motifs is 1. The minimum absolute atomic E-state index is 0.0209. The van der Waals surface area contributed by atoms with Crippen LogP contribution in [0.3, 0.4) is 0 Å². The van der Waals surface area contributed by atoms with Crippen LogP contribution in [0.25, 0.3) is 11.0 Å². The fourth-order valence-electron chi connectivity index (χ4n) is 3.33. The van der Waals surface area contributed by atoms with Gasteiger partial charge in [0.05, 0.1) is 17.6 Å². The van der Waals surface area contributed by atoms with E-state index >= 15 is 0 Å². The van der Waals surface area contributed by atoms with E-state index in [-0.39, 0.29) is 22.8 Å². The summed E-state index contributed by atoms with van der Waals surface area (Å²) in [5.74, 6) is -1.88. The maximum atomic E-state index is 14.8. The van der Waals surface area contributed by atoms with E-state index in [1.54, 1.807) is 9.47 Å². The number of aromatic nitrogens is 2. The van der Waals surface area contributed by atoms with Gasteiger partial charge >= 0.3 is 5.97 Å². The Morgan fingerprint density at radius 1 is 1.46 bits per heavy atom. The molecule has 1 saturated carbocycles. The number of nitrogens with zero attached hydrogens (tertiary/aromatic N) is 4. The number of carboxylic acids is 1. The lowest BCUT2D eigenvalue weighted by Gasteiger charge is -2.18. The van der Waals surface area contributed by atoms with Gasteiger partial charge < -0.3 is 25.1 Å². The van der Waals surface area contributed by atoms with Crippen LogP contribution >= 0.6 is 0 Å². The van der Waals surface area contributed by atoms with Crippen molar-refractivity contribution in [3.8, 4) is 0 Å². The Morgan fingerprint density at radius 2 is 2.25 bits per heavy atom. The number of carbonyl (C=O) groups is 1. The minimum atomic E-state index is -1.33. The first-order chi connectivity index (χ1) is 13.5. The Kier molecular flexibility index (Phi) is 4.71. The van der Waals surface area contributed by atoms with E-state index in [9.17, 15) is 19.1 Å². The summed E-state index contributed by atoms with van der Waals surface area (Å²) in [5, 5.41) is 13.3. The first-order valence-corrected chi connectivity index (χ1v) is 9.11. The van der Waals surface area contributed by atoms with Gasteiger partial charge in [0, 0.05) is 31.7 Å². The van der Waals surface area contributed by atoms with Gasteiger partial charge in [-0.25, -0.2) is 14.2 Å². The van der Waals surface area contributed by atoms with Crippen LogP contribution in [0.2, 0.25) is 0 Å². The van der Waals surface area contributed by atoms with Crippen LogP contribution in [0, 0.1) is 5.82 Å². The van der Waals surface area contributed by atoms with E-state index in [4.69, 9.17) is 10.6 Å². The standard InChI is InChI=1S/C18H20FN5O4/c19-14-7-12-15(25)13(18(26)27)9-24(11-1-2-11)16(12)21-17(14)23-5-3-10(8-23)22-28-6-4-20/h7,9,11H,1-6,8,20H2,(H,26,27)/b22-10-. The van der Waals surface area contributed by atoms with Gasteiger partial charge in [-0.1, -0.05) is 5.16 Å². The van der Waals surface area contributed by atoms with Crippen molar-refractivity contribution in [2.75, 3.05) is 31.1 Å². The zero-order valence-electron chi connectivity index (χ0n) is 15.1. The van der Waals surface area contributed by atoms with E-state index < -0.39 is 17.2 Å². The number of hydrogen-bond acceptors (Lipinski definition) is 7. The van der Waals surface area contributed by atoms with E-state index in [1.807, 2.05) is 0 Å². The van der Waals surface area contributed by atoms with E-state index in [2.05, 4.69) is 10.1 Å². The molecule has 2 fully saturated rings. The molecule has 0 spiro atoms. The maximum absolute atomic E-state index is 14.8. The molecule has 10 heteroatoms. The number of carboxylic acid groups (broad SMARTS) is 1. The molecule has 0 radical (unpaired) electrons. The maximum Gasteiger partial charge on any atom is 0.341 e. The summed E-state index contributed by atoms with van der Waals surface area (Å²) in [6.07, 6.45) is 3.66. The van der Waals surface area contributed by atoms with Crippen LogP contribution in [0.1, 0.15) is 35.7 Å². The van der Waals surface area contributed by atoms with Crippen molar-refractivity contribution in [3.05, 3.63) is 33.9 Å². The van der Waals surface area contributed by atoms with Crippen molar-refractivity contribution in [1.82, 2.24) is 9.55 Å². The fraction of sp³-hybridized carbons (Fsp3) is 0.444. The molecular weight excluding hydrogens is 369 g/mol. The lowest BCUT2D eigenvalue weighted by Crippen LogP contribution is -2.24. The van der Waals surface area contributed by atoms with Gasteiger partial charge in [-0.15, -0.1) is 0 Å². The number of halogens is 1. The third kappa shape index (κ3) is 3.31. The molecule has 1 saturated heterocycles. The first-order valence-electron chi connectivity index (χ1n) is 9.11. The number of hydrogen-bond donors (Lipinski definition) is 2. The highest BCUT2D eigenvalue weighted by Crippen LogP contribution is 2.37. The van der Waals surface area contributed by atoms with Crippen molar-refractivity contribution in [2.45, 2.75) is 25.3 Å². The van der Waals surface area contributed by atoms with Gasteiger partial charge in [0.15, 0.2) is 11.6 Å². The van der Waals surface area contributed by atoms with Crippen LogP contribution in [-0.2, 0) is 4.84 Å². The quantitative estimate of drug-likeness (QED) is 0.560. The van der Waals surface area contributed by atoms with E-state index in [0.29, 0.717) is 38.3 Å². The molecule has 0 amide bonds. The summed E-state index contributed by atoms with van der Waals surface area (Å²) in [4.78, 5) is 35.1. The van der Waals surface area contributed by atoms with Gasteiger partial charge in [0.1, 0.15) is 17.8 Å². The topological polar surface area (TPSA) is 123 Å². The average molecular weight is 389 g/mol. The van der Waals surface area contributed by atoms with Crippen LogP contribution in [-0.4, -0.2) is 52.6 Å². The molecule has 1 aliphatic heterocycles. The molecule has 3 heterocycles. The second-order valence-corrected chi connectivity index (χ2v) is 6.93. The third-order valence-corrected chi connectivity index (χ3v) is 4.86. The highest BCUT2D eigenvalue weighted by atomic mass is 19.1. The molecule has 148 valence electrons. The predicted octanol–water partition coefficient (Wildman–Crippen LogP) is 1.11. The Balaban J connectivity index is 1.75. The van der Waals surface area contributed by atoms with Gasteiger partial charge in [0.25, 0.3) is 0 Å². The van der Waals surface area contributed by atoms with E-state index in [0.717, 1.165) is 24.6 Å². The molecular formula is C18H20FN5O4. The second kappa shape index (κ2) is 7.19. The SMILES string of the molecule is NCCO/N=C1/CCN(c2nc3c(cc2F)c(=O)c(C(=O)O)cn3C2CC2)C1. The summed E-state index contributed by atoms with van der Waals surface area (Å²) < 4.78 is 16.5. The highest BCUT2D eigenvalue weighted by molar-refractivity contribution is 5.93. The number of anilines is 1. The monoisotopic (exact) mass is 389 g/mol. The van der Waals surface area contributed by atoms with Gasteiger partial charge in [-0.3, -0.25) is 4.79 Å². The molecule has 2 aromatic heterocycles. The summed E-state index contributed by atoms with van der Waals surface area (Å²) in [6.45, 7) is 1.55. The number of nitrogens with two attached hydrogens (primary N) is 1. The predicted molar refractivity (Wildman–Crippen MR) is 100 cm³/mol. The van der Waals surface area contributed by atoms with Gasteiger partial charge in [-0.2, -0.15) is 0 Å². The zero-order chi connectivity index (χ0) is 19.8. The molecule has 2 aromatic rings. The number of aromatic carboxylic acids is 1. The highest BCUT2D eigenvalue weighted by Gasteiger charge is 2.29. The fourth-order valence-corrected chi connectivity index (χ4v) is 3.33. The van der Waals surface area contributed by atoms with Crippen molar-refractivity contribution < 1.29 is 19.1 Å². The minimum Gasteiger partial charge on any atom is -0.477 e. The van der Waals surface area contributed by atoms with Gasteiger partial charge in [0.2, 0.25) is 5.43 Å². The van der Waals surface area contributed by atoms with Crippen LogP contribution in [0.5, 0.6) is 0 Å². The molecule has 0 bridgehead atoms. The molecule has 0 atom stereocenters. The molecule has 0 aromatic carbocycles. The van der Waals surface area contributed by atoms with Crippen molar-refractivity contribution in [3.63, 3.8) is 0 Å². The normalized spacial score (nSPS) is 18.2. The molecule has 9 nitrogen and oxygen atoms in total. The summed E-state index contributed by atoms with van der Waals surface area (Å²) in [7, 11) is 0. The average Bonchev–Trinajstić information content (AvgIpc) is 3.40. The largest absolute Gasteiger partial charge is 0.477 e. The number of rotatable bonds is 6. The Morgan fingerprint density at radius 3 is 2.93 bits per heavy atom. The molecule has 2 aliphatic rings. The van der Waals surface area contributed by atoms with Crippen molar-refractivity contribution in [2.24, 2.45) is 10.9 Å².